The molecule has 0 amide bonds. The summed E-state index contributed by atoms with van der Waals surface area (Å²) in [6.45, 7) is 1.03. The lowest BCUT2D eigenvalue weighted by molar-refractivity contribution is 0.392. The largest absolute Gasteiger partial charge is 0.384 e. The topological polar surface area (TPSA) is 80.0 Å². The number of nitrogens with zero attached hydrogens (tertiary/aromatic N) is 4. The van der Waals surface area contributed by atoms with Crippen molar-refractivity contribution in [2.45, 2.75) is 13.1 Å². The quantitative estimate of drug-likeness (QED) is 0.749. The van der Waals surface area contributed by atoms with E-state index in [2.05, 4.69) is 20.3 Å². The molecule has 2 heterocycles. The second-order valence-electron chi connectivity index (χ2n) is 5.85. The van der Waals surface area contributed by atoms with Crippen molar-refractivity contribution in [2.75, 3.05) is 25.1 Å². The second-order valence-corrected chi connectivity index (χ2v) is 5.85. The van der Waals surface area contributed by atoms with Gasteiger partial charge in [-0.25, -0.2) is 19.3 Å². The zero-order chi connectivity index (χ0) is 17.1. The van der Waals surface area contributed by atoms with Gasteiger partial charge in [-0.05, 0) is 37.9 Å². The molecule has 0 saturated carbocycles. The Kier molecular flexibility index (Phi) is 4.52. The van der Waals surface area contributed by atoms with E-state index in [1.54, 1.807) is 12.1 Å². The highest BCUT2D eigenvalue weighted by molar-refractivity contribution is 5.86. The molecule has 24 heavy (non-hydrogen) atoms. The smallest absolute Gasteiger partial charge is 0.166 e. The third-order valence-corrected chi connectivity index (χ3v) is 3.58. The lowest BCUT2D eigenvalue weighted by Crippen LogP contribution is -2.12. The van der Waals surface area contributed by atoms with E-state index in [0.29, 0.717) is 35.9 Å². The summed E-state index contributed by atoms with van der Waals surface area (Å²) in [4.78, 5) is 14.4. The molecule has 1 aromatic carbocycles. The van der Waals surface area contributed by atoms with E-state index in [1.165, 1.54) is 6.33 Å². The maximum absolute atomic E-state index is 14.1. The van der Waals surface area contributed by atoms with Crippen molar-refractivity contribution in [1.82, 2.24) is 19.9 Å². The maximum atomic E-state index is 14.1. The number of nitrogens with one attached hydrogen (secondary N) is 1. The number of rotatable bonds is 5. The van der Waals surface area contributed by atoms with E-state index in [0.717, 1.165) is 10.9 Å². The summed E-state index contributed by atoms with van der Waals surface area (Å²) >= 11 is 0. The summed E-state index contributed by atoms with van der Waals surface area (Å²) in [5, 5.41) is 3.98. The molecule has 0 atom stereocenters. The highest BCUT2D eigenvalue weighted by Gasteiger charge is 2.07. The van der Waals surface area contributed by atoms with Crippen molar-refractivity contribution >= 4 is 22.7 Å². The molecule has 3 aromatic rings. The SMILES string of the molecule is CN(C)Cc1ccc(CNc2ncnc3nc(N)ccc23)cc1F. The third-order valence-electron chi connectivity index (χ3n) is 3.58. The zero-order valence-corrected chi connectivity index (χ0v) is 13.6. The number of nitrogens with two attached hydrogens (primary N) is 1. The minimum absolute atomic E-state index is 0.204. The van der Waals surface area contributed by atoms with Crippen LogP contribution in [0.1, 0.15) is 11.1 Å². The molecule has 3 N–H and O–H groups in total. The van der Waals surface area contributed by atoms with Gasteiger partial charge in [0.2, 0.25) is 0 Å². The van der Waals surface area contributed by atoms with Crippen LogP contribution in [0.15, 0.2) is 36.7 Å². The number of hydrogen-bond donors (Lipinski definition) is 2. The third kappa shape index (κ3) is 3.57. The van der Waals surface area contributed by atoms with Gasteiger partial charge < -0.3 is 16.0 Å². The summed E-state index contributed by atoms with van der Waals surface area (Å²) < 4.78 is 14.1. The van der Waals surface area contributed by atoms with Crippen LogP contribution in [0.5, 0.6) is 0 Å². The zero-order valence-electron chi connectivity index (χ0n) is 13.6. The molecule has 2 aromatic heterocycles. The minimum Gasteiger partial charge on any atom is -0.384 e. The van der Waals surface area contributed by atoms with Crippen LogP contribution in [0.3, 0.4) is 0 Å². The predicted molar refractivity (Wildman–Crippen MR) is 92.9 cm³/mol. The van der Waals surface area contributed by atoms with Gasteiger partial charge in [0.1, 0.15) is 23.8 Å². The average Bonchev–Trinajstić information content (AvgIpc) is 2.54. The Morgan fingerprint density at radius 3 is 2.75 bits per heavy atom. The Bertz CT molecular complexity index is 865. The van der Waals surface area contributed by atoms with Crippen molar-refractivity contribution in [3.05, 3.63) is 53.6 Å². The van der Waals surface area contributed by atoms with Crippen molar-refractivity contribution in [3.63, 3.8) is 0 Å². The first-order valence-electron chi connectivity index (χ1n) is 7.56. The van der Waals surface area contributed by atoms with E-state index in [-0.39, 0.29) is 5.82 Å². The molecule has 6 nitrogen and oxygen atoms in total. The number of benzene rings is 1. The molecule has 0 aliphatic heterocycles. The molecule has 0 fully saturated rings. The normalized spacial score (nSPS) is 11.2. The monoisotopic (exact) mass is 326 g/mol. The fourth-order valence-electron chi connectivity index (χ4n) is 2.45. The highest BCUT2D eigenvalue weighted by atomic mass is 19.1. The van der Waals surface area contributed by atoms with E-state index in [4.69, 9.17) is 5.73 Å². The summed E-state index contributed by atoms with van der Waals surface area (Å²) in [6.07, 6.45) is 1.43. The molecule has 124 valence electrons. The molecule has 0 aliphatic carbocycles. The maximum Gasteiger partial charge on any atom is 0.166 e. The molecule has 0 radical (unpaired) electrons. The van der Waals surface area contributed by atoms with E-state index in [9.17, 15) is 4.39 Å². The van der Waals surface area contributed by atoms with Crippen LogP contribution in [-0.4, -0.2) is 33.9 Å². The number of fused-ring (bicyclic) bond motifs is 1. The summed E-state index contributed by atoms with van der Waals surface area (Å²) in [5.74, 6) is 0.848. The van der Waals surface area contributed by atoms with Gasteiger partial charge in [0, 0.05) is 18.7 Å². The lowest BCUT2D eigenvalue weighted by Gasteiger charge is -2.12. The Morgan fingerprint density at radius 1 is 1.17 bits per heavy atom. The molecule has 0 bridgehead atoms. The summed E-state index contributed by atoms with van der Waals surface area (Å²) in [7, 11) is 3.83. The number of halogens is 1. The standard InChI is InChI=1S/C17H19FN6/c1-24(2)9-12-4-3-11(7-14(12)18)8-20-16-13-5-6-15(19)23-17(13)22-10-21-16/h3-7,10H,8-9H2,1-2H3,(H3,19,20,21,22,23). The van der Waals surface area contributed by atoms with Crippen LogP contribution in [0, 0.1) is 5.82 Å². The van der Waals surface area contributed by atoms with E-state index in [1.807, 2.05) is 37.2 Å². The Labute approximate surface area is 139 Å². The van der Waals surface area contributed by atoms with Crippen LogP contribution in [-0.2, 0) is 13.1 Å². The van der Waals surface area contributed by atoms with Crippen LogP contribution in [0.4, 0.5) is 16.0 Å². The number of nitrogen functional groups attached to an aromatic ring is 1. The first kappa shape index (κ1) is 16.1. The van der Waals surface area contributed by atoms with Crippen LogP contribution >= 0.6 is 0 Å². The molecule has 3 rings (SSSR count). The van der Waals surface area contributed by atoms with Crippen molar-refractivity contribution < 1.29 is 4.39 Å². The van der Waals surface area contributed by atoms with Crippen molar-refractivity contribution in [2.24, 2.45) is 0 Å². The van der Waals surface area contributed by atoms with Gasteiger partial charge in [0.15, 0.2) is 5.65 Å². The number of hydrogen-bond acceptors (Lipinski definition) is 6. The predicted octanol–water partition coefficient (Wildman–Crippen LogP) is 2.42. The van der Waals surface area contributed by atoms with Crippen LogP contribution in [0.2, 0.25) is 0 Å². The highest BCUT2D eigenvalue weighted by Crippen LogP contribution is 2.20. The first-order valence-corrected chi connectivity index (χ1v) is 7.56. The summed E-state index contributed by atoms with van der Waals surface area (Å²) in [5.41, 5.74) is 7.71. The molecule has 0 spiro atoms. The fraction of sp³-hybridized carbons (Fsp3) is 0.235. The van der Waals surface area contributed by atoms with Crippen molar-refractivity contribution in [3.8, 4) is 0 Å². The Morgan fingerprint density at radius 2 is 2.00 bits per heavy atom. The molecule has 7 heteroatoms. The molecular formula is C17H19FN6. The fourth-order valence-corrected chi connectivity index (χ4v) is 2.45. The average molecular weight is 326 g/mol. The first-order chi connectivity index (χ1) is 11.5. The molecular weight excluding hydrogens is 307 g/mol. The van der Waals surface area contributed by atoms with Gasteiger partial charge in [0.25, 0.3) is 0 Å². The Hall–Kier alpha value is -2.80. The van der Waals surface area contributed by atoms with Crippen LogP contribution < -0.4 is 11.1 Å². The van der Waals surface area contributed by atoms with Gasteiger partial charge in [-0.2, -0.15) is 0 Å². The van der Waals surface area contributed by atoms with E-state index < -0.39 is 0 Å². The van der Waals surface area contributed by atoms with Crippen molar-refractivity contribution in [1.29, 1.82) is 0 Å². The van der Waals surface area contributed by atoms with E-state index >= 15 is 0 Å². The van der Waals surface area contributed by atoms with Crippen LogP contribution in [0.25, 0.3) is 11.0 Å². The summed E-state index contributed by atoms with van der Waals surface area (Å²) in [6, 6.07) is 8.79. The van der Waals surface area contributed by atoms with Gasteiger partial charge >= 0.3 is 0 Å². The number of anilines is 2. The lowest BCUT2D eigenvalue weighted by atomic mass is 10.1. The second kappa shape index (κ2) is 6.76. The number of pyridine rings is 1. The van der Waals surface area contributed by atoms with Gasteiger partial charge in [0.05, 0.1) is 5.39 Å². The van der Waals surface area contributed by atoms with Gasteiger partial charge in [-0.3, -0.25) is 0 Å². The van der Waals surface area contributed by atoms with Gasteiger partial charge in [-0.1, -0.05) is 12.1 Å². The Balaban J connectivity index is 1.78. The molecule has 0 unspecified atom stereocenters. The number of aromatic nitrogens is 3. The molecule has 0 saturated heterocycles. The minimum atomic E-state index is -0.204. The molecule has 0 aliphatic rings. The van der Waals surface area contributed by atoms with Gasteiger partial charge in [-0.15, -0.1) is 0 Å².